The fourth-order valence-electron chi connectivity index (χ4n) is 5.58. The number of nitrogens with zero attached hydrogens (tertiary/aromatic N) is 2. The molecule has 0 unspecified atom stereocenters. The average molecular weight is 527 g/mol. The van der Waals surface area contributed by atoms with Crippen molar-refractivity contribution in [3.63, 3.8) is 0 Å². The van der Waals surface area contributed by atoms with Crippen LogP contribution in [0.5, 0.6) is 0 Å². The third-order valence-corrected chi connectivity index (χ3v) is 8.39. The molecule has 3 heterocycles. The molecule has 0 radical (unpaired) electrons. The zero-order valence-electron chi connectivity index (χ0n) is 21.9. The van der Waals surface area contributed by atoms with Crippen molar-refractivity contribution in [3.8, 4) is 11.1 Å². The number of aromatic amines is 1. The van der Waals surface area contributed by atoms with Crippen molar-refractivity contribution in [1.29, 1.82) is 0 Å². The molecule has 1 aliphatic carbocycles. The molecule has 5 rings (SSSR count). The van der Waals surface area contributed by atoms with Crippen LogP contribution >= 0.6 is 0 Å². The summed E-state index contributed by atoms with van der Waals surface area (Å²) < 4.78 is 31.8. The lowest BCUT2D eigenvalue weighted by Gasteiger charge is -2.39. The summed E-state index contributed by atoms with van der Waals surface area (Å²) in [7, 11) is -1.71. The lowest BCUT2D eigenvalue weighted by Crippen LogP contribution is -2.45. The summed E-state index contributed by atoms with van der Waals surface area (Å²) in [5, 5.41) is 3.85. The van der Waals surface area contributed by atoms with E-state index in [2.05, 4.69) is 15.2 Å². The van der Waals surface area contributed by atoms with Gasteiger partial charge in [0.15, 0.2) is 9.84 Å². The Morgan fingerprint density at radius 1 is 1.14 bits per heavy atom. The van der Waals surface area contributed by atoms with Crippen molar-refractivity contribution in [1.82, 2.24) is 14.9 Å². The molecule has 2 N–H and O–H groups in total. The highest BCUT2D eigenvalue weighted by Gasteiger charge is 2.32. The lowest BCUT2D eigenvalue weighted by molar-refractivity contribution is 0.0491. The Bertz CT molecular complexity index is 1540. The van der Waals surface area contributed by atoms with E-state index < -0.39 is 21.5 Å². The van der Waals surface area contributed by atoms with Gasteiger partial charge < -0.3 is 24.5 Å². The van der Waals surface area contributed by atoms with E-state index in [1.54, 1.807) is 25.4 Å². The van der Waals surface area contributed by atoms with Crippen LogP contribution in [0.25, 0.3) is 22.0 Å². The standard InChI is InChI=1S/C27H34N4O5S/c1-27(2,3)36-26(33)29-17-6-8-18(9-7-17)31-14-16-13-28-24-23(16)21(15-30(4)25(24)32)20-12-19(37(5,34)35)10-11-22(20)31/h10-13,15,17-18,28H,6-9,14H2,1-5H3,(H,29,33)/t17-,18-. The molecular formula is C27H34N4O5S. The van der Waals surface area contributed by atoms with Crippen molar-refractivity contribution >= 4 is 32.5 Å². The number of carbonyl (C=O) groups excluding carboxylic acids is 1. The van der Waals surface area contributed by atoms with Crippen LogP contribution in [-0.4, -0.2) is 48.0 Å². The van der Waals surface area contributed by atoms with Crippen molar-refractivity contribution in [3.05, 3.63) is 46.5 Å². The maximum atomic E-state index is 12.9. The van der Waals surface area contributed by atoms with Crippen molar-refractivity contribution < 1.29 is 17.9 Å². The van der Waals surface area contributed by atoms with Gasteiger partial charge in [0.1, 0.15) is 11.1 Å². The minimum atomic E-state index is -3.42. The van der Waals surface area contributed by atoms with E-state index in [1.807, 2.05) is 33.0 Å². The summed E-state index contributed by atoms with van der Waals surface area (Å²) in [6.07, 6.45) is 7.85. The highest BCUT2D eigenvalue weighted by Crippen LogP contribution is 2.43. The molecule has 0 spiro atoms. The Morgan fingerprint density at radius 2 is 1.84 bits per heavy atom. The molecule has 0 bridgehead atoms. The quantitative estimate of drug-likeness (QED) is 0.531. The fourth-order valence-corrected chi connectivity index (χ4v) is 6.22. The summed E-state index contributed by atoms with van der Waals surface area (Å²) in [5.74, 6) is 0. The van der Waals surface area contributed by atoms with Crippen LogP contribution in [0.1, 0.15) is 52.0 Å². The second-order valence-corrected chi connectivity index (χ2v) is 13.3. The van der Waals surface area contributed by atoms with Gasteiger partial charge in [-0.05, 0) is 70.2 Å². The summed E-state index contributed by atoms with van der Waals surface area (Å²) in [5.41, 5.74) is 3.47. The molecule has 2 aliphatic rings. The zero-order chi connectivity index (χ0) is 26.7. The number of sulfone groups is 1. The monoisotopic (exact) mass is 526 g/mol. The van der Waals surface area contributed by atoms with Gasteiger partial charge in [-0.2, -0.15) is 0 Å². The number of fused-ring (bicyclic) bond motifs is 2. The first-order valence-corrected chi connectivity index (χ1v) is 14.5. The number of hydrogen-bond acceptors (Lipinski definition) is 6. The molecule has 1 aliphatic heterocycles. The number of anilines is 1. The number of pyridine rings is 1. The molecule has 3 aromatic rings. The molecule has 1 fully saturated rings. The van der Waals surface area contributed by atoms with Crippen LogP contribution in [0.3, 0.4) is 0 Å². The smallest absolute Gasteiger partial charge is 0.407 e. The number of hydrogen-bond donors (Lipinski definition) is 2. The van der Waals surface area contributed by atoms with E-state index in [4.69, 9.17) is 4.74 Å². The highest BCUT2D eigenvalue weighted by molar-refractivity contribution is 7.90. The minimum Gasteiger partial charge on any atom is -0.444 e. The van der Waals surface area contributed by atoms with Crippen molar-refractivity contribution in [2.24, 2.45) is 7.05 Å². The van der Waals surface area contributed by atoms with Crippen LogP contribution in [0, 0.1) is 0 Å². The number of ether oxygens (including phenoxy) is 1. The first kappa shape index (κ1) is 25.4. The molecule has 37 heavy (non-hydrogen) atoms. The Balaban J connectivity index is 1.50. The van der Waals surface area contributed by atoms with Gasteiger partial charge >= 0.3 is 6.09 Å². The fraction of sp³-hybridized carbons (Fsp3) is 0.481. The molecule has 1 amide bonds. The maximum absolute atomic E-state index is 12.9. The van der Waals surface area contributed by atoms with Crippen LogP contribution in [-0.2, 0) is 28.2 Å². The van der Waals surface area contributed by atoms with Crippen LogP contribution in [0.4, 0.5) is 10.5 Å². The van der Waals surface area contributed by atoms with Gasteiger partial charge in [0.05, 0.1) is 4.90 Å². The van der Waals surface area contributed by atoms with Gasteiger partial charge in [0, 0.05) is 66.5 Å². The number of nitrogens with one attached hydrogen (secondary N) is 2. The number of H-pyrrole nitrogens is 1. The number of aryl methyl sites for hydroxylation is 1. The summed E-state index contributed by atoms with van der Waals surface area (Å²) in [6, 6.07) is 5.53. The normalized spacial score (nSPS) is 19.9. The van der Waals surface area contributed by atoms with E-state index in [-0.39, 0.29) is 22.5 Å². The molecule has 0 atom stereocenters. The topological polar surface area (TPSA) is 114 Å². The van der Waals surface area contributed by atoms with Gasteiger partial charge in [-0.3, -0.25) is 4.79 Å². The molecule has 1 saturated carbocycles. The van der Waals surface area contributed by atoms with Crippen LogP contribution in [0.15, 0.2) is 40.3 Å². The lowest BCUT2D eigenvalue weighted by atomic mass is 9.89. The first-order chi connectivity index (χ1) is 17.3. The first-order valence-electron chi connectivity index (χ1n) is 12.6. The number of rotatable bonds is 3. The van der Waals surface area contributed by atoms with Gasteiger partial charge in [-0.15, -0.1) is 0 Å². The second-order valence-electron chi connectivity index (χ2n) is 11.3. The largest absolute Gasteiger partial charge is 0.444 e. The summed E-state index contributed by atoms with van der Waals surface area (Å²) in [4.78, 5) is 30.9. The van der Waals surface area contributed by atoms with Gasteiger partial charge in [0.25, 0.3) is 5.56 Å². The molecule has 9 nitrogen and oxygen atoms in total. The molecular weight excluding hydrogens is 492 g/mol. The van der Waals surface area contributed by atoms with E-state index in [1.165, 1.54) is 10.8 Å². The summed E-state index contributed by atoms with van der Waals surface area (Å²) in [6.45, 7) is 6.14. The third-order valence-electron chi connectivity index (χ3n) is 7.28. The van der Waals surface area contributed by atoms with Gasteiger partial charge in [-0.1, -0.05) is 0 Å². The Morgan fingerprint density at radius 3 is 2.49 bits per heavy atom. The number of amides is 1. The van der Waals surface area contributed by atoms with Crippen LogP contribution in [0.2, 0.25) is 0 Å². The van der Waals surface area contributed by atoms with Gasteiger partial charge in [0.2, 0.25) is 0 Å². The van der Waals surface area contributed by atoms with E-state index in [0.717, 1.165) is 53.4 Å². The third kappa shape index (κ3) is 4.86. The molecule has 2 aromatic heterocycles. The zero-order valence-corrected chi connectivity index (χ0v) is 22.7. The number of aromatic nitrogens is 2. The predicted octanol–water partition coefficient (Wildman–Crippen LogP) is 4.09. The average Bonchev–Trinajstić information content (AvgIpc) is 3.17. The predicted molar refractivity (Wildman–Crippen MR) is 144 cm³/mol. The van der Waals surface area contributed by atoms with E-state index >= 15 is 0 Å². The maximum Gasteiger partial charge on any atom is 0.407 e. The molecule has 10 heteroatoms. The molecule has 1 aromatic carbocycles. The molecule has 198 valence electrons. The van der Waals surface area contributed by atoms with Crippen molar-refractivity contribution in [2.75, 3.05) is 11.2 Å². The number of benzene rings is 1. The number of carbonyl (C=O) groups is 1. The Kier molecular flexibility index (Phi) is 6.13. The highest BCUT2D eigenvalue weighted by atomic mass is 32.2. The van der Waals surface area contributed by atoms with Crippen molar-refractivity contribution in [2.45, 2.75) is 75.6 Å². The minimum absolute atomic E-state index is 0.0448. The molecule has 0 saturated heterocycles. The van der Waals surface area contributed by atoms with Crippen LogP contribution < -0.4 is 15.8 Å². The van der Waals surface area contributed by atoms with Gasteiger partial charge in [-0.25, -0.2) is 13.2 Å². The van der Waals surface area contributed by atoms with E-state index in [9.17, 15) is 18.0 Å². The Labute approximate surface area is 216 Å². The van der Waals surface area contributed by atoms with E-state index in [0.29, 0.717) is 12.1 Å². The Hall–Kier alpha value is -3.27. The SMILES string of the molecule is Cn1cc2c3c(c[nH]c3c1=O)CN([C@H]1CC[C@H](NC(=O)OC(C)(C)C)CC1)c1ccc(S(C)(=O)=O)cc1-2. The summed E-state index contributed by atoms with van der Waals surface area (Å²) >= 11 is 0. The number of alkyl carbamates (subject to hydrolysis) is 1. The second kappa shape index (κ2) is 8.93.